The monoisotopic (exact) mass is 213 g/mol. The normalized spacial score (nSPS) is 27.8. The molecule has 1 aromatic rings. The predicted octanol–water partition coefficient (Wildman–Crippen LogP) is 1.21. The summed E-state index contributed by atoms with van der Waals surface area (Å²) in [5.74, 6) is 1.54. The minimum absolute atomic E-state index is 0.770. The van der Waals surface area contributed by atoms with Crippen molar-refractivity contribution in [3.05, 3.63) is 29.8 Å². The van der Waals surface area contributed by atoms with Crippen LogP contribution in [0.1, 0.15) is 5.56 Å². The van der Waals surface area contributed by atoms with Gasteiger partial charge in [-0.2, -0.15) is 5.26 Å². The molecule has 0 aliphatic carbocycles. The van der Waals surface area contributed by atoms with Crippen LogP contribution in [0.25, 0.3) is 0 Å². The molecule has 0 aromatic heterocycles. The third-order valence-electron chi connectivity index (χ3n) is 3.75. The van der Waals surface area contributed by atoms with Crippen LogP contribution in [0.3, 0.4) is 0 Å². The number of fused-ring (bicyclic) bond motifs is 1. The van der Waals surface area contributed by atoms with Gasteiger partial charge in [-0.25, -0.2) is 0 Å². The lowest BCUT2D eigenvalue weighted by atomic mass is 10.0. The highest BCUT2D eigenvalue weighted by atomic mass is 15.2. The average Bonchev–Trinajstić information content (AvgIpc) is 2.89. The minimum atomic E-state index is 0.770. The van der Waals surface area contributed by atoms with Crippen LogP contribution in [0.5, 0.6) is 0 Å². The molecule has 2 aliphatic rings. The molecule has 1 N–H and O–H groups in total. The first-order valence-corrected chi connectivity index (χ1v) is 5.83. The molecule has 1 aromatic carbocycles. The number of anilines is 1. The van der Waals surface area contributed by atoms with Crippen LogP contribution in [-0.2, 0) is 0 Å². The van der Waals surface area contributed by atoms with E-state index in [2.05, 4.69) is 22.4 Å². The minimum Gasteiger partial charge on any atom is -0.370 e. The van der Waals surface area contributed by atoms with Crippen molar-refractivity contribution in [1.29, 1.82) is 5.26 Å². The Hall–Kier alpha value is -1.53. The van der Waals surface area contributed by atoms with Crippen molar-refractivity contribution in [1.82, 2.24) is 5.32 Å². The topological polar surface area (TPSA) is 39.1 Å². The van der Waals surface area contributed by atoms with Crippen molar-refractivity contribution < 1.29 is 0 Å². The number of hydrogen-bond acceptors (Lipinski definition) is 3. The van der Waals surface area contributed by atoms with E-state index in [9.17, 15) is 0 Å². The molecule has 3 heteroatoms. The molecule has 0 saturated carbocycles. The van der Waals surface area contributed by atoms with Gasteiger partial charge in [0.25, 0.3) is 0 Å². The summed E-state index contributed by atoms with van der Waals surface area (Å²) in [7, 11) is 0. The standard InChI is InChI=1S/C13H15N3/c14-5-10-3-1-2-4-13(10)16-8-11-6-15-7-12(11)9-16/h1-4,11-12,15H,6-9H2. The van der Waals surface area contributed by atoms with Crippen LogP contribution in [0.2, 0.25) is 0 Å². The van der Waals surface area contributed by atoms with Crippen LogP contribution in [-0.4, -0.2) is 26.2 Å². The number of rotatable bonds is 1. The second kappa shape index (κ2) is 3.80. The molecule has 2 unspecified atom stereocenters. The number of nitrogens with one attached hydrogen (secondary N) is 1. The smallest absolute Gasteiger partial charge is 0.101 e. The first kappa shape index (κ1) is 9.68. The van der Waals surface area contributed by atoms with E-state index in [1.807, 2.05) is 18.2 Å². The second-order valence-electron chi connectivity index (χ2n) is 4.71. The van der Waals surface area contributed by atoms with E-state index in [4.69, 9.17) is 5.26 Å². The van der Waals surface area contributed by atoms with E-state index in [0.717, 1.165) is 49.3 Å². The zero-order valence-electron chi connectivity index (χ0n) is 9.19. The van der Waals surface area contributed by atoms with E-state index in [1.54, 1.807) is 0 Å². The van der Waals surface area contributed by atoms with Gasteiger partial charge in [-0.15, -0.1) is 0 Å². The van der Waals surface area contributed by atoms with Crippen molar-refractivity contribution in [2.75, 3.05) is 31.1 Å². The van der Waals surface area contributed by atoms with Crippen LogP contribution >= 0.6 is 0 Å². The average molecular weight is 213 g/mol. The van der Waals surface area contributed by atoms with Gasteiger partial charge in [0, 0.05) is 26.2 Å². The molecule has 0 spiro atoms. The third kappa shape index (κ3) is 1.46. The number of para-hydroxylation sites is 1. The molecule has 3 rings (SSSR count). The Balaban J connectivity index is 1.86. The zero-order valence-corrected chi connectivity index (χ0v) is 9.19. The molecule has 82 valence electrons. The largest absolute Gasteiger partial charge is 0.370 e. The van der Waals surface area contributed by atoms with E-state index in [-0.39, 0.29) is 0 Å². The van der Waals surface area contributed by atoms with Gasteiger partial charge in [-0.05, 0) is 24.0 Å². The summed E-state index contributed by atoms with van der Waals surface area (Å²) in [4.78, 5) is 2.37. The molecule has 0 bridgehead atoms. The highest BCUT2D eigenvalue weighted by molar-refractivity contribution is 5.60. The maximum Gasteiger partial charge on any atom is 0.101 e. The molecule has 0 amide bonds. The Labute approximate surface area is 95.7 Å². The summed E-state index contributed by atoms with van der Waals surface area (Å²) < 4.78 is 0. The van der Waals surface area contributed by atoms with Crippen LogP contribution in [0, 0.1) is 23.2 Å². The molecular weight excluding hydrogens is 198 g/mol. The van der Waals surface area contributed by atoms with Gasteiger partial charge >= 0.3 is 0 Å². The molecule has 3 nitrogen and oxygen atoms in total. The lowest BCUT2D eigenvalue weighted by Crippen LogP contribution is -2.25. The number of benzene rings is 1. The molecular formula is C13H15N3. The summed E-state index contributed by atoms with van der Waals surface area (Å²) in [5, 5.41) is 12.5. The van der Waals surface area contributed by atoms with Crippen LogP contribution in [0.15, 0.2) is 24.3 Å². The zero-order chi connectivity index (χ0) is 11.0. The van der Waals surface area contributed by atoms with E-state index in [1.165, 1.54) is 0 Å². The van der Waals surface area contributed by atoms with Crippen molar-refractivity contribution >= 4 is 5.69 Å². The Kier molecular flexibility index (Phi) is 2.30. The van der Waals surface area contributed by atoms with Gasteiger partial charge in [-0.3, -0.25) is 0 Å². The predicted molar refractivity (Wildman–Crippen MR) is 63.2 cm³/mol. The SMILES string of the molecule is N#Cc1ccccc1N1CC2CNCC2C1. The number of nitriles is 1. The Bertz CT molecular complexity index is 423. The van der Waals surface area contributed by atoms with E-state index < -0.39 is 0 Å². The maximum atomic E-state index is 9.09. The summed E-state index contributed by atoms with van der Waals surface area (Å²) in [6.07, 6.45) is 0. The Morgan fingerprint density at radius 1 is 1.19 bits per heavy atom. The van der Waals surface area contributed by atoms with Crippen LogP contribution in [0.4, 0.5) is 5.69 Å². The Morgan fingerprint density at radius 2 is 1.88 bits per heavy atom. The lowest BCUT2D eigenvalue weighted by Gasteiger charge is -2.20. The summed E-state index contributed by atoms with van der Waals surface area (Å²) >= 11 is 0. The second-order valence-corrected chi connectivity index (χ2v) is 4.71. The first-order chi connectivity index (χ1) is 7.88. The molecule has 0 radical (unpaired) electrons. The van der Waals surface area contributed by atoms with Gasteiger partial charge in [0.2, 0.25) is 0 Å². The van der Waals surface area contributed by atoms with Gasteiger partial charge < -0.3 is 10.2 Å². The van der Waals surface area contributed by atoms with Crippen molar-refractivity contribution in [3.8, 4) is 6.07 Å². The fourth-order valence-electron chi connectivity index (χ4n) is 2.90. The first-order valence-electron chi connectivity index (χ1n) is 5.83. The molecule has 16 heavy (non-hydrogen) atoms. The van der Waals surface area contributed by atoms with Gasteiger partial charge in [-0.1, -0.05) is 12.1 Å². The molecule has 2 atom stereocenters. The lowest BCUT2D eigenvalue weighted by molar-refractivity contribution is 0.533. The van der Waals surface area contributed by atoms with Gasteiger partial charge in [0.15, 0.2) is 0 Å². The molecule has 2 fully saturated rings. The molecule has 2 saturated heterocycles. The molecule has 2 aliphatic heterocycles. The van der Waals surface area contributed by atoms with E-state index >= 15 is 0 Å². The molecule has 2 heterocycles. The van der Waals surface area contributed by atoms with E-state index in [0.29, 0.717) is 0 Å². The highest BCUT2D eigenvalue weighted by Crippen LogP contribution is 2.31. The summed E-state index contributed by atoms with van der Waals surface area (Å²) in [5.41, 5.74) is 1.91. The summed E-state index contributed by atoms with van der Waals surface area (Å²) in [6.45, 7) is 4.46. The number of hydrogen-bond donors (Lipinski definition) is 1. The Morgan fingerprint density at radius 3 is 2.56 bits per heavy atom. The highest BCUT2D eigenvalue weighted by Gasteiger charge is 2.36. The van der Waals surface area contributed by atoms with Crippen LogP contribution < -0.4 is 10.2 Å². The fraction of sp³-hybridized carbons (Fsp3) is 0.462. The third-order valence-corrected chi connectivity index (χ3v) is 3.75. The van der Waals surface area contributed by atoms with Crippen molar-refractivity contribution in [2.24, 2.45) is 11.8 Å². The quantitative estimate of drug-likeness (QED) is 0.762. The van der Waals surface area contributed by atoms with Crippen molar-refractivity contribution in [2.45, 2.75) is 0 Å². The van der Waals surface area contributed by atoms with Gasteiger partial charge in [0.05, 0.1) is 11.3 Å². The van der Waals surface area contributed by atoms with Gasteiger partial charge in [0.1, 0.15) is 6.07 Å². The fourth-order valence-corrected chi connectivity index (χ4v) is 2.90. The maximum absolute atomic E-state index is 9.09. The number of nitrogens with zero attached hydrogens (tertiary/aromatic N) is 2. The van der Waals surface area contributed by atoms with Crippen molar-refractivity contribution in [3.63, 3.8) is 0 Å². The summed E-state index contributed by atoms with van der Waals surface area (Å²) in [6, 6.07) is 10.2.